The van der Waals surface area contributed by atoms with Crippen LogP contribution in [-0.4, -0.2) is 110 Å². The van der Waals surface area contributed by atoms with Crippen LogP contribution in [0.15, 0.2) is 200 Å². The molecule has 2 heterocycles. The van der Waals surface area contributed by atoms with Gasteiger partial charge in [0.25, 0.3) is 0 Å². The maximum atomic E-state index is 7.52. The second-order valence-electron chi connectivity index (χ2n) is 21.8. The molecule has 91 heavy (non-hydrogen) atoms. The number of halogens is 2. The van der Waals surface area contributed by atoms with Crippen molar-refractivity contribution in [1.29, 1.82) is 0 Å². The van der Waals surface area contributed by atoms with E-state index in [1.807, 2.05) is 200 Å². The van der Waals surface area contributed by atoms with Crippen molar-refractivity contribution < 1.29 is 75.8 Å². The van der Waals surface area contributed by atoms with E-state index in [9.17, 15) is 0 Å². The third kappa shape index (κ3) is 19.2. The molecule has 0 saturated carbocycles. The Labute approximate surface area is 551 Å². The zero-order chi connectivity index (χ0) is 63.2. The van der Waals surface area contributed by atoms with Crippen LogP contribution in [0.25, 0.3) is 0 Å². The van der Waals surface area contributed by atoms with E-state index >= 15 is 0 Å². The molecule has 10 atom stereocenters. The summed E-state index contributed by atoms with van der Waals surface area (Å²) in [6.45, 7) is 1.43. The molecule has 0 amide bonds. The maximum absolute atomic E-state index is 7.52. The molecule has 18 heteroatoms. The van der Waals surface area contributed by atoms with Gasteiger partial charge in [0.1, 0.15) is 54.6 Å². The first kappa shape index (κ1) is 67.2. The maximum Gasteiger partial charge on any atom is 0.190 e. The van der Waals surface area contributed by atoms with Crippen molar-refractivity contribution in [3.05, 3.63) is 253 Å². The largest absolute Gasteiger partial charge is 0.497 e. The van der Waals surface area contributed by atoms with Crippen LogP contribution in [0.4, 0.5) is 0 Å². The monoisotopic (exact) mass is 1370 g/mol. The van der Waals surface area contributed by atoms with Crippen molar-refractivity contribution in [3.8, 4) is 28.7 Å². The third-order valence-electron chi connectivity index (χ3n) is 15.6. The molecule has 480 valence electrons. The molecule has 8 aromatic rings. The predicted molar refractivity (Wildman–Crippen MR) is 351 cm³/mol. The smallest absolute Gasteiger partial charge is 0.190 e. The summed E-state index contributed by atoms with van der Waals surface area (Å²) in [4.78, 5) is 0. The van der Waals surface area contributed by atoms with Crippen LogP contribution in [0.5, 0.6) is 28.7 Å². The van der Waals surface area contributed by atoms with Gasteiger partial charge < -0.3 is 75.8 Å². The van der Waals surface area contributed by atoms with E-state index in [0.717, 1.165) is 48.1 Å². The van der Waals surface area contributed by atoms with Crippen molar-refractivity contribution in [1.82, 2.24) is 0 Å². The fourth-order valence-electron chi connectivity index (χ4n) is 10.8. The van der Waals surface area contributed by atoms with Gasteiger partial charge in [-0.1, -0.05) is 151 Å². The van der Waals surface area contributed by atoms with Crippen molar-refractivity contribution >= 4 is 34.2 Å². The van der Waals surface area contributed by atoms with E-state index in [1.165, 1.54) is 0 Å². The number of benzene rings is 8. The molecule has 0 bridgehead atoms. The van der Waals surface area contributed by atoms with Gasteiger partial charge in [0.15, 0.2) is 35.6 Å². The Morgan fingerprint density at radius 3 is 1.03 bits per heavy atom. The lowest BCUT2D eigenvalue weighted by Crippen LogP contribution is -2.66. The van der Waals surface area contributed by atoms with Crippen molar-refractivity contribution in [2.24, 2.45) is 0 Å². The minimum Gasteiger partial charge on any atom is -0.497 e. The second kappa shape index (κ2) is 34.8. The lowest BCUT2D eigenvalue weighted by Gasteiger charge is -2.49. The average molecular weight is 1370 g/mol. The Kier molecular flexibility index (Phi) is 25.7. The Bertz CT molecular complexity index is 3400. The van der Waals surface area contributed by atoms with E-state index < -0.39 is 61.4 Å². The van der Waals surface area contributed by atoms with Crippen LogP contribution in [0, 0.1) is 3.57 Å². The van der Waals surface area contributed by atoms with Crippen LogP contribution in [-0.2, 0) is 105 Å². The first-order valence-corrected chi connectivity index (χ1v) is 31.6. The molecule has 8 aromatic carbocycles. The molecule has 0 radical (unpaired) electrons. The molecule has 0 aliphatic carbocycles. The van der Waals surface area contributed by atoms with E-state index in [4.69, 9.17) is 87.4 Å². The molecular weight excluding hydrogens is 1300 g/mol. The highest BCUT2D eigenvalue weighted by Crippen LogP contribution is 2.38. The topological polar surface area (TPSA) is 148 Å². The van der Waals surface area contributed by atoms with Gasteiger partial charge in [-0.25, -0.2) is 0 Å². The standard InChI is InChI=1S/C73H78ClIO16/c1-76-59-33-25-54(26-34-59)46-88-70-68(85-43-51-19-13-8-14-20-51)66(83-41-49-15-9-6-10-16-49)64(47-81-39-55-27-35-60(77-2)62(37-55)79-4)89-72(70)91-73-71(87-45-53-23-31-58(75)32-24-53)69(86-44-52-21-29-57(74)30-22-52)67(84-42-50-17-11-7-12-18-50)65(90-73)48-82-40-56-28-36-61(78-3)63(38-56)80-5/h6-38,64-73H,39-48H2,1-5H3/t64-,65-,66-,67-,68+,69+,70-,71-,72-,73-/m1/s1. The van der Waals surface area contributed by atoms with Gasteiger partial charge in [-0.3, -0.25) is 0 Å². The molecule has 2 aliphatic heterocycles. The van der Waals surface area contributed by atoms with Gasteiger partial charge in [-0.15, -0.1) is 0 Å². The summed E-state index contributed by atoms with van der Waals surface area (Å²) in [7, 11) is 8.04. The molecule has 2 aliphatic rings. The summed E-state index contributed by atoms with van der Waals surface area (Å²) in [5, 5.41) is 0.595. The molecule has 0 N–H and O–H groups in total. The van der Waals surface area contributed by atoms with Crippen LogP contribution in [0.2, 0.25) is 5.02 Å². The lowest BCUT2D eigenvalue weighted by molar-refractivity contribution is -0.394. The van der Waals surface area contributed by atoms with E-state index in [-0.39, 0.29) is 66.1 Å². The summed E-state index contributed by atoms with van der Waals surface area (Å²) < 4.78 is 108. The highest BCUT2D eigenvalue weighted by Gasteiger charge is 2.54. The summed E-state index contributed by atoms with van der Waals surface area (Å²) in [6, 6.07) is 64.6. The van der Waals surface area contributed by atoms with E-state index in [2.05, 4.69) is 22.6 Å². The highest BCUT2D eigenvalue weighted by atomic mass is 127. The average Bonchev–Trinajstić information content (AvgIpc) is 0.986. The zero-order valence-corrected chi connectivity index (χ0v) is 54.6. The molecule has 2 fully saturated rings. The van der Waals surface area contributed by atoms with Gasteiger partial charge >= 0.3 is 0 Å². The number of ether oxygens (including phenoxy) is 16. The molecule has 10 rings (SSSR count). The number of hydrogen-bond donors (Lipinski definition) is 0. The van der Waals surface area contributed by atoms with E-state index in [0.29, 0.717) is 33.8 Å². The zero-order valence-electron chi connectivity index (χ0n) is 51.7. The number of methoxy groups -OCH3 is 5. The highest BCUT2D eigenvalue weighted by molar-refractivity contribution is 14.1. The third-order valence-corrected chi connectivity index (χ3v) is 16.6. The minimum absolute atomic E-state index is 0.0199. The summed E-state index contributed by atoms with van der Waals surface area (Å²) >= 11 is 8.75. The van der Waals surface area contributed by atoms with Gasteiger partial charge in [0.05, 0.1) is 102 Å². The van der Waals surface area contributed by atoms with Crippen LogP contribution in [0.1, 0.15) is 44.5 Å². The SMILES string of the molecule is COc1ccc(CO[C@H]2[C@@H](O[C@H]3O[C@H](COCc4ccc(OC)c(OC)c4)[C@@H](OCc4ccccc4)[C@H](OCc4ccc(Cl)cc4)[C@H]3OCc3ccc(I)cc3)O[C@H](COCc3ccc(OC)c(OC)c3)[C@@H](OCc3ccccc3)[C@@H]2OCc2ccccc2)cc1. The van der Waals surface area contributed by atoms with Gasteiger partial charge in [-0.2, -0.15) is 0 Å². The normalized spacial score (nSPS) is 21.4. The summed E-state index contributed by atoms with van der Waals surface area (Å²) in [6.07, 6.45) is -9.59. The molecular formula is C73H78ClIO16. The van der Waals surface area contributed by atoms with Gasteiger partial charge in [-0.05, 0) is 128 Å². The van der Waals surface area contributed by atoms with Crippen LogP contribution >= 0.6 is 34.2 Å². The second-order valence-corrected chi connectivity index (χ2v) is 23.5. The summed E-state index contributed by atoms with van der Waals surface area (Å²) in [5.74, 6) is 3.03. The first-order valence-electron chi connectivity index (χ1n) is 30.1. The lowest BCUT2D eigenvalue weighted by atomic mass is 9.96. The number of hydrogen-bond acceptors (Lipinski definition) is 16. The summed E-state index contributed by atoms with van der Waals surface area (Å²) in [5.41, 5.74) is 7.14. The Hall–Kier alpha value is -6.66. The molecule has 0 spiro atoms. The van der Waals surface area contributed by atoms with Crippen molar-refractivity contribution in [2.45, 2.75) is 114 Å². The van der Waals surface area contributed by atoms with Crippen molar-refractivity contribution in [2.75, 3.05) is 48.8 Å². The van der Waals surface area contributed by atoms with Crippen molar-refractivity contribution in [3.63, 3.8) is 0 Å². The molecule has 16 nitrogen and oxygen atoms in total. The Morgan fingerprint density at radius 2 is 0.659 bits per heavy atom. The van der Waals surface area contributed by atoms with Crippen LogP contribution < -0.4 is 23.7 Å². The molecule has 0 aromatic heterocycles. The predicted octanol–water partition coefficient (Wildman–Crippen LogP) is 13.7. The fourth-order valence-corrected chi connectivity index (χ4v) is 11.3. The van der Waals surface area contributed by atoms with Crippen LogP contribution in [0.3, 0.4) is 0 Å². The Balaban J connectivity index is 1.07. The quantitative estimate of drug-likeness (QED) is 0.0359. The molecule has 0 unspecified atom stereocenters. The Morgan fingerprint density at radius 1 is 0.330 bits per heavy atom. The molecule has 2 saturated heterocycles. The van der Waals surface area contributed by atoms with E-state index in [1.54, 1.807) is 35.5 Å². The minimum atomic E-state index is -1.26. The fraction of sp³-hybridized carbons (Fsp3) is 0.342. The first-order chi connectivity index (χ1) is 44.7. The van der Waals surface area contributed by atoms with Gasteiger partial charge in [0, 0.05) is 8.59 Å². The van der Waals surface area contributed by atoms with Gasteiger partial charge in [0.2, 0.25) is 0 Å². The number of rotatable bonds is 33.